The molecule has 0 spiro atoms. The van der Waals surface area contributed by atoms with E-state index in [0.717, 1.165) is 22.6 Å². The maximum absolute atomic E-state index is 10.5. The van der Waals surface area contributed by atoms with Crippen LogP contribution in [0.2, 0.25) is 0 Å². The third kappa shape index (κ3) is 2.51. The first-order valence-electron chi connectivity index (χ1n) is 6.05. The summed E-state index contributed by atoms with van der Waals surface area (Å²) in [5, 5.41) is 10.5. The Morgan fingerprint density at radius 3 is 2.61 bits per heavy atom. The molecule has 94 valence electrons. The highest BCUT2D eigenvalue weighted by Crippen LogP contribution is 2.30. The van der Waals surface area contributed by atoms with E-state index in [1.54, 1.807) is 6.20 Å². The molecule has 1 atom stereocenters. The molecule has 1 aromatic carbocycles. The number of aryl methyl sites for hydroxylation is 1. The number of hydrogen-bond donors (Lipinski definition) is 1. The van der Waals surface area contributed by atoms with Crippen molar-refractivity contribution in [2.24, 2.45) is 0 Å². The second-order valence-corrected chi connectivity index (χ2v) is 4.05. The predicted molar refractivity (Wildman–Crippen MR) is 70.6 cm³/mol. The SMILES string of the molecule is CCOc1ccccc1C(O)c1cccnc1C. The second kappa shape index (κ2) is 5.65. The second-order valence-electron chi connectivity index (χ2n) is 4.05. The van der Waals surface area contributed by atoms with E-state index in [9.17, 15) is 5.11 Å². The minimum atomic E-state index is -0.707. The molecule has 18 heavy (non-hydrogen) atoms. The van der Waals surface area contributed by atoms with Crippen LogP contribution in [-0.2, 0) is 0 Å². The molecule has 0 bridgehead atoms. The first kappa shape index (κ1) is 12.6. The summed E-state index contributed by atoms with van der Waals surface area (Å²) in [6.45, 7) is 4.40. The van der Waals surface area contributed by atoms with Crippen molar-refractivity contribution in [2.45, 2.75) is 20.0 Å². The number of benzene rings is 1. The van der Waals surface area contributed by atoms with Crippen LogP contribution in [0, 0.1) is 6.92 Å². The largest absolute Gasteiger partial charge is 0.493 e. The third-order valence-corrected chi connectivity index (χ3v) is 2.86. The Labute approximate surface area is 107 Å². The molecular formula is C15H17NO2. The smallest absolute Gasteiger partial charge is 0.125 e. The molecule has 0 fully saturated rings. The van der Waals surface area contributed by atoms with Gasteiger partial charge in [-0.1, -0.05) is 24.3 Å². The lowest BCUT2D eigenvalue weighted by Gasteiger charge is -2.17. The lowest BCUT2D eigenvalue weighted by atomic mass is 10.00. The summed E-state index contributed by atoms with van der Waals surface area (Å²) in [6.07, 6.45) is 1.02. The zero-order valence-corrected chi connectivity index (χ0v) is 10.6. The summed E-state index contributed by atoms with van der Waals surface area (Å²) in [7, 11) is 0. The van der Waals surface area contributed by atoms with Gasteiger partial charge in [-0.2, -0.15) is 0 Å². The molecule has 3 heteroatoms. The Morgan fingerprint density at radius 1 is 1.17 bits per heavy atom. The molecule has 1 aromatic heterocycles. The number of aromatic nitrogens is 1. The molecule has 0 aliphatic heterocycles. The molecule has 1 unspecified atom stereocenters. The Balaban J connectivity index is 2.40. The third-order valence-electron chi connectivity index (χ3n) is 2.86. The van der Waals surface area contributed by atoms with Gasteiger partial charge in [0.05, 0.1) is 6.61 Å². The van der Waals surface area contributed by atoms with E-state index in [2.05, 4.69) is 4.98 Å². The molecule has 1 heterocycles. The topological polar surface area (TPSA) is 42.4 Å². The summed E-state index contributed by atoms with van der Waals surface area (Å²) < 4.78 is 5.54. The normalized spacial score (nSPS) is 12.2. The molecule has 3 nitrogen and oxygen atoms in total. The fourth-order valence-electron chi connectivity index (χ4n) is 1.95. The first-order chi connectivity index (χ1) is 8.74. The molecule has 0 aliphatic rings. The van der Waals surface area contributed by atoms with E-state index < -0.39 is 6.10 Å². The molecular weight excluding hydrogens is 226 g/mol. The molecule has 0 aliphatic carbocycles. The molecule has 2 rings (SSSR count). The number of hydrogen-bond acceptors (Lipinski definition) is 3. The average molecular weight is 243 g/mol. The van der Waals surface area contributed by atoms with Gasteiger partial charge in [0.1, 0.15) is 11.9 Å². The van der Waals surface area contributed by atoms with Crippen LogP contribution < -0.4 is 4.74 Å². The lowest BCUT2D eigenvalue weighted by Crippen LogP contribution is -2.06. The summed E-state index contributed by atoms with van der Waals surface area (Å²) in [6, 6.07) is 11.3. The number of nitrogens with zero attached hydrogens (tertiary/aromatic N) is 1. The van der Waals surface area contributed by atoms with Gasteiger partial charge in [-0.25, -0.2) is 0 Å². The van der Waals surface area contributed by atoms with Gasteiger partial charge in [0.25, 0.3) is 0 Å². The lowest BCUT2D eigenvalue weighted by molar-refractivity contribution is 0.210. The Morgan fingerprint density at radius 2 is 1.89 bits per heavy atom. The van der Waals surface area contributed by atoms with Gasteiger partial charge in [-0.05, 0) is 26.0 Å². The minimum absolute atomic E-state index is 0.579. The van der Waals surface area contributed by atoms with Crippen molar-refractivity contribution in [3.63, 3.8) is 0 Å². The van der Waals surface area contributed by atoms with Crippen LogP contribution in [0.5, 0.6) is 5.75 Å². The standard InChI is InChI=1S/C15H17NO2/c1-3-18-14-9-5-4-7-13(14)15(17)12-8-6-10-16-11(12)2/h4-10,15,17H,3H2,1-2H3. The number of ether oxygens (including phenoxy) is 1. The highest BCUT2D eigenvalue weighted by Gasteiger charge is 2.17. The van der Waals surface area contributed by atoms with Crippen molar-refractivity contribution in [3.8, 4) is 5.75 Å². The molecule has 0 saturated carbocycles. The van der Waals surface area contributed by atoms with E-state index in [1.165, 1.54) is 0 Å². The molecule has 2 aromatic rings. The van der Waals surface area contributed by atoms with Gasteiger partial charge in [-0.15, -0.1) is 0 Å². The number of rotatable bonds is 4. The van der Waals surface area contributed by atoms with Gasteiger partial charge < -0.3 is 9.84 Å². The maximum Gasteiger partial charge on any atom is 0.125 e. The van der Waals surface area contributed by atoms with Crippen LogP contribution in [0.3, 0.4) is 0 Å². The molecule has 0 radical (unpaired) electrons. The first-order valence-corrected chi connectivity index (χ1v) is 6.05. The van der Waals surface area contributed by atoms with Crippen LogP contribution in [-0.4, -0.2) is 16.7 Å². The number of aliphatic hydroxyl groups is 1. The number of pyridine rings is 1. The zero-order chi connectivity index (χ0) is 13.0. The highest BCUT2D eigenvalue weighted by molar-refractivity contribution is 5.41. The summed E-state index contributed by atoms with van der Waals surface area (Å²) >= 11 is 0. The average Bonchev–Trinajstić information content (AvgIpc) is 2.40. The van der Waals surface area contributed by atoms with Gasteiger partial charge in [0, 0.05) is 23.0 Å². The van der Waals surface area contributed by atoms with Crippen LogP contribution in [0.15, 0.2) is 42.6 Å². The fraction of sp³-hybridized carbons (Fsp3) is 0.267. The number of aliphatic hydroxyl groups excluding tert-OH is 1. The van der Waals surface area contributed by atoms with Crippen molar-refractivity contribution in [2.75, 3.05) is 6.61 Å². The molecule has 0 saturated heterocycles. The van der Waals surface area contributed by atoms with Crippen molar-refractivity contribution in [1.29, 1.82) is 0 Å². The van der Waals surface area contributed by atoms with E-state index in [0.29, 0.717) is 6.61 Å². The van der Waals surface area contributed by atoms with Crippen LogP contribution >= 0.6 is 0 Å². The Bertz CT molecular complexity index is 525. The maximum atomic E-state index is 10.5. The zero-order valence-electron chi connectivity index (χ0n) is 10.6. The van der Waals surface area contributed by atoms with E-state index in [4.69, 9.17) is 4.74 Å². The van der Waals surface area contributed by atoms with Crippen molar-refractivity contribution in [3.05, 3.63) is 59.4 Å². The van der Waals surface area contributed by atoms with Crippen LogP contribution in [0.4, 0.5) is 0 Å². The Hall–Kier alpha value is -1.87. The summed E-state index contributed by atoms with van der Waals surface area (Å²) in [5.74, 6) is 0.718. The monoisotopic (exact) mass is 243 g/mol. The molecule has 1 N–H and O–H groups in total. The van der Waals surface area contributed by atoms with Crippen LogP contribution in [0.1, 0.15) is 29.8 Å². The Kier molecular flexibility index (Phi) is 3.95. The minimum Gasteiger partial charge on any atom is -0.493 e. The summed E-state index contributed by atoms with van der Waals surface area (Å²) in [5.41, 5.74) is 2.41. The van der Waals surface area contributed by atoms with E-state index in [-0.39, 0.29) is 0 Å². The quantitative estimate of drug-likeness (QED) is 0.897. The van der Waals surface area contributed by atoms with Crippen molar-refractivity contribution >= 4 is 0 Å². The fourth-order valence-corrected chi connectivity index (χ4v) is 1.95. The van der Waals surface area contributed by atoms with Crippen molar-refractivity contribution < 1.29 is 9.84 Å². The molecule has 0 amide bonds. The van der Waals surface area contributed by atoms with Gasteiger partial charge in [0.2, 0.25) is 0 Å². The van der Waals surface area contributed by atoms with E-state index in [1.807, 2.05) is 50.2 Å². The van der Waals surface area contributed by atoms with Crippen LogP contribution in [0.25, 0.3) is 0 Å². The predicted octanol–water partition coefficient (Wildman–Crippen LogP) is 2.87. The van der Waals surface area contributed by atoms with Crippen molar-refractivity contribution in [1.82, 2.24) is 4.98 Å². The highest BCUT2D eigenvalue weighted by atomic mass is 16.5. The van der Waals surface area contributed by atoms with Gasteiger partial charge in [0.15, 0.2) is 0 Å². The van der Waals surface area contributed by atoms with Gasteiger partial charge in [-0.3, -0.25) is 4.98 Å². The van der Waals surface area contributed by atoms with E-state index >= 15 is 0 Å². The summed E-state index contributed by atoms with van der Waals surface area (Å²) in [4.78, 5) is 4.20. The number of para-hydroxylation sites is 1. The van der Waals surface area contributed by atoms with Gasteiger partial charge >= 0.3 is 0 Å².